The average Bonchev–Trinajstić information content (AvgIpc) is 3.11. The molecule has 2 heteroatoms. The van der Waals surface area contributed by atoms with Crippen molar-refractivity contribution in [2.24, 2.45) is 11.7 Å². The van der Waals surface area contributed by atoms with E-state index in [0.29, 0.717) is 18.4 Å². The van der Waals surface area contributed by atoms with Crippen LogP contribution in [0.1, 0.15) is 37.7 Å². The molecule has 0 aromatic heterocycles. The molecule has 16 heavy (non-hydrogen) atoms. The van der Waals surface area contributed by atoms with Crippen molar-refractivity contribution >= 4 is 0 Å². The largest absolute Gasteiger partial charge is 0.388 e. The SMILES string of the molecule is CCCC(O)(CN)C1CC1c1ccccc1. The van der Waals surface area contributed by atoms with Crippen LogP contribution in [0.4, 0.5) is 0 Å². The molecule has 1 saturated carbocycles. The summed E-state index contributed by atoms with van der Waals surface area (Å²) in [6, 6.07) is 10.4. The maximum Gasteiger partial charge on any atom is 0.0803 e. The molecule has 0 saturated heterocycles. The maximum atomic E-state index is 10.5. The van der Waals surface area contributed by atoms with Gasteiger partial charge in [0.2, 0.25) is 0 Å². The van der Waals surface area contributed by atoms with E-state index in [1.807, 2.05) is 6.07 Å². The van der Waals surface area contributed by atoms with Crippen molar-refractivity contribution in [1.82, 2.24) is 0 Å². The minimum atomic E-state index is -0.644. The Labute approximate surface area is 97.5 Å². The summed E-state index contributed by atoms with van der Waals surface area (Å²) in [6.45, 7) is 2.48. The number of rotatable bonds is 5. The Balaban J connectivity index is 2.05. The topological polar surface area (TPSA) is 46.2 Å². The van der Waals surface area contributed by atoms with E-state index in [9.17, 15) is 5.11 Å². The van der Waals surface area contributed by atoms with E-state index in [-0.39, 0.29) is 0 Å². The van der Waals surface area contributed by atoms with E-state index in [4.69, 9.17) is 5.73 Å². The molecular weight excluding hydrogens is 198 g/mol. The summed E-state index contributed by atoms with van der Waals surface area (Å²) in [7, 11) is 0. The third-order valence-electron chi connectivity index (χ3n) is 3.74. The van der Waals surface area contributed by atoms with Gasteiger partial charge in [-0.05, 0) is 30.2 Å². The van der Waals surface area contributed by atoms with E-state index in [1.54, 1.807) is 0 Å². The molecule has 0 amide bonds. The lowest BCUT2D eigenvalue weighted by Crippen LogP contribution is -2.40. The van der Waals surface area contributed by atoms with E-state index >= 15 is 0 Å². The van der Waals surface area contributed by atoms with Gasteiger partial charge < -0.3 is 10.8 Å². The monoisotopic (exact) mass is 219 g/mol. The van der Waals surface area contributed by atoms with Crippen molar-refractivity contribution in [1.29, 1.82) is 0 Å². The van der Waals surface area contributed by atoms with E-state index in [0.717, 1.165) is 19.3 Å². The molecule has 1 aromatic carbocycles. The summed E-state index contributed by atoms with van der Waals surface area (Å²) in [6.07, 6.45) is 2.89. The molecule has 3 atom stereocenters. The first-order chi connectivity index (χ1) is 7.71. The molecule has 1 aliphatic carbocycles. The minimum Gasteiger partial charge on any atom is -0.388 e. The fourth-order valence-corrected chi connectivity index (χ4v) is 2.73. The normalized spacial score (nSPS) is 27.4. The molecule has 1 aliphatic rings. The Morgan fingerprint density at radius 3 is 2.62 bits per heavy atom. The second-order valence-corrected chi connectivity index (χ2v) is 4.92. The number of nitrogens with two attached hydrogens (primary N) is 1. The molecule has 3 unspecified atom stereocenters. The summed E-state index contributed by atoms with van der Waals surface area (Å²) in [5.41, 5.74) is 6.42. The summed E-state index contributed by atoms with van der Waals surface area (Å²) >= 11 is 0. The van der Waals surface area contributed by atoms with Crippen molar-refractivity contribution in [3.05, 3.63) is 35.9 Å². The van der Waals surface area contributed by atoms with Gasteiger partial charge in [-0.3, -0.25) is 0 Å². The first-order valence-electron chi connectivity index (χ1n) is 6.18. The molecule has 1 aromatic rings. The van der Waals surface area contributed by atoms with Crippen molar-refractivity contribution in [3.63, 3.8) is 0 Å². The Morgan fingerprint density at radius 2 is 2.06 bits per heavy atom. The molecule has 0 radical (unpaired) electrons. The van der Waals surface area contributed by atoms with Crippen LogP contribution in [0.5, 0.6) is 0 Å². The van der Waals surface area contributed by atoms with Crippen LogP contribution < -0.4 is 5.73 Å². The molecule has 2 nitrogen and oxygen atoms in total. The number of aliphatic hydroxyl groups is 1. The number of benzene rings is 1. The van der Waals surface area contributed by atoms with Gasteiger partial charge in [0.25, 0.3) is 0 Å². The van der Waals surface area contributed by atoms with Gasteiger partial charge in [-0.25, -0.2) is 0 Å². The highest BCUT2D eigenvalue weighted by molar-refractivity contribution is 5.27. The molecule has 88 valence electrons. The van der Waals surface area contributed by atoms with Crippen LogP contribution in [-0.2, 0) is 0 Å². The number of hydrogen-bond acceptors (Lipinski definition) is 2. The molecule has 1 fully saturated rings. The molecule has 0 aliphatic heterocycles. The smallest absolute Gasteiger partial charge is 0.0803 e. The van der Waals surface area contributed by atoms with Crippen LogP contribution in [0, 0.1) is 5.92 Å². The fraction of sp³-hybridized carbons (Fsp3) is 0.571. The molecule has 0 bridgehead atoms. The van der Waals surface area contributed by atoms with Crippen molar-refractivity contribution < 1.29 is 5.11 Å². The first-order valence-corrected chi connectivity index (χ1v) is 6.18. The minimum absolute atomic E-state index is 0.361. The molecule has 2 rings (SSSR count). The molecular formula is C14H21NO. The zero-order valence-corrected chi connectivity index (χ0v) is 9.89. The standard InChI is InChI=1S/C14H21NO/c1-2-8-14(16,10-15)13-9-12(13)11-6-4-3-5-7-11/h3-7,12-13,16H,2,8-10,15H2,1H3. The summed E-state index contributed by atoms with van der Waals surface area (Å²) < 4.78 is 0. The van der Waals surface area contributed by atoms with Crippen LogP contribution >= 0.6 is 0 Å². The summed E-state index contributed by atoms with van der Waals surface area (Å²) in [5.74, 6) is 0.876. The van der Waals surface area contributed by atoms with Crippen molar-refractivity contribution in [2.75, 3.05) is 6.54 Å². The first kappa shape index (κ1) is 11.6. The van der Waals surface area contributed by atoms with Crippen LogP contribution in [0.15, 0.2) is 30.3 Å². The summed E-state index contributed by atoms with van der Waals surface area (Å²) in [5, 5.41) is 10.5. The van der Waals surface area contributed by atoms with Gasteiger partial charge in [0, 0.05) is 6.54 Å². The van der Waals surface area contributed by atoms with Gasteiger partial charge in [-0.15, -0.1) is 0 Å². The second-order valence-electron chi connectivity index (χ2n) is 4.92. The van der Waals surface area contributed by atoms with Gasteiger partial charge in [0.1, 0.15) is 0 Å². The molecule has 0 heterocycles. The fourth-order valence-electron chi connectivity index (χ4n) is 2.73. The zero-order valence-electron chi connectivity index (χ0n) is 9.89. The maximum absolute atomic E-state index is 10.5. The van der Waals surface area contributed by atoms with Gasteiger partial charge in [0.05, 0.1) is 5.60 Å². The van der Waals surface area contributed by atoms with Gasteiger partial charge >= 0.3 is 0 Å². The van der Waals surface area contributed by atoms with E-state index < -0.39 is 5.60 Å². The lowest BCUT2D eigenvalue weighted by molar-refractivity contribution is 0.0152. The van der Waals surface area contributed by atoms with Crippen molar-refractivity contribution in [2.45, 2.75) is 37.7 Å². The highest BCUT2D eigenvalue weighted by Gasteiger charge is 2.51. The lowest BCUT2D eigenvalue weighted by atomic mass is 9.90. The highest BCUT2D eigenvalue weighted by Crippen LogP contribution is 2.54. The Kier molecular flexibility index (Phi) is 3.31. The second kappa shape index (κ2) is 4.56. The molecule has 3 N–H and O–H groups in total. The number of hydrogen-bond donors (Lipinski definition) is 2. The average molecular weight is 219 g/mol. The van der Waals surface area contributed by atoms with Gasteiger partial charge in [0.15, 0.2) is 0 Å². The zero-order chi connectivity index (χ0) is 11.6. The predicted molar refractivity (Wildman–Crippen MR) is 66.2 cm³/mol. The highest BCUT2D eigenvalue weighted by atomic mass is 16.3. The Bertz CT molecular complexity index is 338. The Hall–Kier alpha value is -0.860. The van der Waals surface area contributed by atoms with E-state index in [2.05, 4.69) is 31.2 Å². The predicted octanol–water partition coefficient (Wildman–Crippen LogP) is 2.28. The third-order valence-corrected chi connectivity index (χ3v) is 3.74. The van der Waals surface area contributed by atoms with Gasteiger partial charge in [-0.1, -0.05) is 43.7 Å². The van der Waals surface area contributed by atoms with Crippen LogP contribution in [-0.4, -0.2) is 17.3 Å². The van der Waals surface area contributed by atoms with Crippen LogP contribution in [0.3, 0.4) is 0 Å². The van der Waals surface area contributed by atoms with Crippen LogP contribution in [0.2, 0.25) is 0 Å². The van der Waals surface area contributed by atoms with Crippen molar-refractivity contribution in [3.8, 4) is 0 Å². The quantitative estimate of drug-likeness (QED) is 0.798. The van der Waals surface area contributed by atoms with Gasteiger partial charge in [-0.2, -0.15) is 0 Å². The molecule has 0 spiro atoms. The summed E-state index contributed by atoms with van der Waals surface area (Å²) in [4.78, 5) is 0. The van der Waals surface area contributed by atoms with E-state index in [1.165, 1.54) is 5.56 Å². The third kappa shape index (κ3) is 2.13. The Morgan fingerprint density at radius 1 is 1.38 bits per heavy atom. The lowest BCUT2D eigenvalue weighted by Gasteiger charge is -2.26. The van der Waals surface area contributed by atoms with Crippen LogP contribution in [0.25, 0.3) is 0 Å².